The Kier molecular flexibility index (Phi) is 4.06. The summed E-state index contributed by atoms with van der Waals surface area (Å²) in [6.45, 7) is 0.623. The molecule has 0 radical (unpaired) electrons. The summed E-state index contributed by atoms with van der Waals surface area (Å²) in [4.78, 5) is 0. The predicted octanol–water partition coefficient (Wildman–Crippen LogP) is 2.16. The zero-order valence-corrected chi connectivity index (χ0v) is 11.2. The Hall–Kier alpha value is -1.30. The second kappa shape index (κ2) is 5.56. The van der Waals surface area contributed by atoms with Gasteiger partial charge in [-0.1, -0.05) is 28.4 Å². The highest BCUT2D eigenvalue weighted by Gasteiger charge is 2.11. The third-order valence-corrected chi connectivity index (χ3v) is 3.01. The second-order valence-corrected chi connectivity index (χ2v) is 4.52. The van der Waals surface area contributed by atoms with Crippen molar-refractivity contribution in [3.05, 3.63) is 39.6 Å². The molecule has 0 aliphatic carbocycles. The van der Waals surface area contributed by atoms with Crippen LogP contribution in [0.3, 0.4) is 0 Å². The minimum atomic E-state index is 0.303. The Bertz CT molecular complexity index is 556. The van der Waals surface area contributed by atoms with Crippen LogP contribution in [0.15, 0.2) is 18.2 Å². The van der Waals surface area contributed by atoms with Gasteiger partial charge in [-0.25, -0.2) is 4.68 Å². The van der Waals surface area contributed by atoms with Crippen LogP contribution < -0.4 is 10.5 Å². The van der Waals surface area contributed by atoms with E-state index in [0.29, 0.717) is 34.6 Å². The van der Waals surface area contributed by atoms with E-state index in [1.54, 1.807) is 29.9 Å². The van der Waals surface area contributed by atoms with Gasteiger partial charge in [0.2, 0.25) is 0 Å². The van der Waals surface area contributed by atoms with Gasteiger partial charge in [-0.2, -0.15) is 0 Å². The molecular formula is C11H12Cl2N4O. The third kappa shape index (κ3) is 2.75. The maximum Gasteiger partial charge on any atom is 0.138 e. The van der Waals surface area contributed by atoms with Crippen LogP contribution in [0.2, 0.25) is 10.0 Å². The highest BCUT2D eigenvalue weighted by atomic mass is 35.5. The summed E-state index contributed by atoms with van der Waals surface area (Å²) in [5.41, 5.74) is 7.10. The number of nitrogens with zero attached hydrogens (tertiary/aromatic N) is 3. The number of nitrogens with two attached hydrogens (primary N) is 1. The fourth-order valence-electron chi connectivity index (χ4n) is 1.49. The van der Waals surface area contributed by atoms with E-state index in [1.807, 2.05) is 0 Å². The Morgan fingerprint density at radius 1 is 1.39 bits per heavy atom. The van der Waals surface area contributed by atoms with E-state index in [0.717, 1.165) is 5.69 Å². The van der Waals surface area contributed by atoms with Gasteiger partial charge in [0.1, 0.15) is 23.7 Å². The van der Waals surface area contributed by atoms with Crippen molar-refractivity contribution in [2.45, 2.75) is 13.2 Å². The number of aromatic nitrogens is 3. The first kappa shape index (κ1) is 13.1. The van der Waals surface area contributed by atoms with E-state index in [-0.39, 0.29) is 0 Å². The van der Waals surface area contributed by atoms with Gasteiger partial charge in [0.15, 0.2) is 0 Å². The van der Waals surface area contributed by atoms with E-state index < -0.39 is 0 Å². The lowest BCUT2D eigenvalue weighted by Gasteiger charge is -2.09. The Balaban J connectivity index is 2.13. The second-order valence-electron chi connectivity index (χ2n) is 3.67. The van der Waals surface area contributed by atoms with Gasteiger partial charge in [0, 0.05) is 18.6 Å². The summed E-state index contributed by atoms with van der Waals surface area (Å²) in [5.74, 6) is 0.560. The standard InChI is InChI=1S/C11H12Cl2N4O/c1-17-10(9(5-14)15-16-17)6-18-11-3-2-7(12)4-8(11)13/h2-4H,5-6,14H2,1H3. The molecule has 0 saturated carbocycles. The number of benzene rings is 1. The number of hydrogen-bond acceptors (Lipinski definition) is 4. The molecule has 0 amide bonds. The molecule has 1 heterocycles. The number of hydrogen-bond donors (Lipinski definition) is 1. The molecule has 0 aliphatic rings. The van der Waals surface area contributed by atoms with Crippen LogP contribution in [-0.2, 0) is 20.2 Å². The maximum atomic E-state index is 6.01. The van der Waals surface area contributed by atoms with Crippen molar-refractivity contribution in [2.75, 3.05) is 0 Å². The zero-order valence-electron chi connectivity index (χ0n) is 9.73. The highest BCUT2D eigenvalue weighted by molar-refractivity contribution is 6.35. The summed E-state index contributed by atoms with van der Waals surface area (Å²) < 4.78 is 7.24. The molecule has 1 aromatic heterocycles. The van der Waals surface area contributed by atoms with Crippen LogP contribution >= 0.6 is 23.2 Å². The molecular weight excluding hydrogens is 275 g/mol. The van der Waals surface area contributed by atoms with Crippen molar-refractivity contribution < 1.29 is 4.74 Å². The summed E-state index contributed by atoms with van der Waals surface area (Å²) in [5, 5.41) is 8.86. The number of rotatable bonds is 4. The van der Waals surface area contributed by atoms with Crippen LogP contribution in [0.4, 0.5) is 0 Å². The van der Waals surface area contributed by atoms with Crippen molar-refractivity contribution in [3.8, 4) is 5.75 Å². The highest BCUT2D eigenvalue weighted by Crippen LogP contribution is 2.28. The summed E-state index contributed by atoms with van der Waals surface area (Å²) in [6.07, 6.45) is 0. The first-order chi connectivity index (χ1) is 8.61. The Morgan fingerprint density at radius 2 is 2.17 bits per heavy atom. The van der Waals surface area contributed by atoms with Gasteiger partial charge in [-0.05, 0) is 18.2 Å². The molecule has 96 valence electrons. The van der Waals surface area contributed by atoms with Crippen LogP contribution in [0.1, 0.15) is 11.4 Å². The molecule has 0 atom stereocenters. The van der Waals surface area contributed by atoms with Crippen molar-refractivity contribution in [1.29, 1.82) is 0 Å². The Labute approximate surface area is 114 Å². The number of halogens is 2. The normalized spacial score (nSPS) is 10.7. The molecule has 0 unspecified atom stereocenters. The molecule has 2 rings (SSSR count). The monoisotopic (exact) mass is 286 g/mol. The van der Waals surface area contributed by atoms with Gasteiger partial charge in [0.25, 0.3) is 0 Å². The average molecular weight is 287 g/mol. The van der Waals surface area contributed by atoms with Crippen LogP contribution in [-0.4, -0.2) is 15.0 Å². The molecule has 7 heteroatoms. The molecule has 1 aromatic carbocycles. The van der Waals surface area contributed by atoms with Gasteiger partial charge >= 0.3 is 0 Å². The minimum absolute atomic E-state index is 0.303. The maximum absolute atomic E-state index is 6.01. The lowest BCUT2D eigenvalue weighted by Crippen LogP contribution is -2.08. The van der Waals surface area contributed by atoms with Crippen LogP contribution in [0.25, 0.3) is 0 Å². The number of aryl methyl sites for hydroxylation is 1. The van der Waals surface area contributed by atoms with Gasteiger partial charge in [0.05, 0.1) is 5.02 Å². The summed E-state index contributed by atoms with van der Waals surface area (Å²) in [6, 6.07) is 5.06. The van der Waals surface area contributed by atoms with E-state index in [1.165, 1.54) is 0 Å². The SMILES string of the molecule is Cn1nnc(CN)c1COc1ccc(Cl)cc1Cl. The molecule has 2 aromatic rings. The van der Waals surface area contributed by atoms with E-state index in [4.69, 9.17) is 33.7 Å². The quantitative estimate of drug-likeness (QED) is 0.935. The number of ether oxygens (including phenoxy) is 1. The Morgan fingerprint density at radius 3 is 2.83 bits per heavy atom. The lowest BCUT2D eigenvalue weighted by molar-refractivity contribution is 0.294. The summed E-state index contributed by atoms with van der Waals surface area (Å²) in [7, 11) is 1.79. The lowest BCUT2D eigenvalue weighted by atomic mass is 10.3. The van der Waals surface area contributed by atoms with Gasteiger partial charge < -0.3 is 10.5 Å². The summed E-state index contributed by atoms with van der Waals surface area (Å²) >= 11 is 11.8. The van der Waals surface area contributed by atoms with Crippen molar-refractivity contribution in [1.82, 2.24) is 15.0 Å². The van der Waals surface area contributed by atoms with Gasteiger partial charge in [-0.3, -0.25) is 0 Å². The molecule has 0 fully saturated rings. The molecule has 0 spiro atoms. The molecule has 18 heavy (non-hydrogen) atoms. The van der Waals surface area contributed by atoms with E-state index >= 15 is 0 Å². The molecule has 0 bridgehead atoms. The largest absolute Gasteiger partial charge is 0.486 e. The van der Waals surface area contributed by atoms with Gasteiger partial charge in [-0.15, -0.1) is 5.10 Å². The smallest absolute Gasteiger partial charge is 0.138 e. The first-order valence-corrected chi connectivity index (χ1v) is 6.02. The molecule has 0 aliphatic heterocycles. The van der Waals surface area contributed by atoms with Crippen LogP contribution in [0.5, 0.6) is 5.75 Å². The molecule has 2 N–H and O–H groups in total. The topological polar surface area (TPSA) is 66.0 Å². The molecule has 5 nitrogen and oxygen atoms in total. The molecule has 0 saturated heterocycles. The van der Waals surface area contributed by atoms with E-state index in [2.05, 4.69) is 10.3 Å². The van der Waals surface area contributed by atoms with E-state index in [9.17, 15) is 0 Å². The average Bonchev–Trinajstić information content (AvgIpc) is 2.69. The van der Waals surface area contributed by atoms with Crippen LogP contribution in [0, 0.1) is 0 Å². The van der Waals surface area contributed by atoms with Crippen molar-refractivity contribution in [3.63, 3.8) is 0 Å². The minimum Gasteiger partial charge on any atom is -0.486 e. The van der Waals surface area contributed by atoms with Crippen molar-refractivity contribution in [2.24, 2.45) is 12.8 Å². The third-order valence-electron chi connectivity index (χ3n) is 2.48. The zero-order chi connectivity index (χ0) is 13.1. The van der Waals surface area contributed by atoms with Crippen molar-refractivity contribution >= 4 is 23.2 Å². The first-order valence-electron chi connectivity index (χ1n) is 5.27. The fourth-order valence-corrected chi connectivity index (χ4v) is 1.96. The fraction of sp³-hybridized carbons (Fsp3) is 0.273. The predicted molar refractivity (Wildman–Crippen MR) is 69.7 cm³/mol.